The Bertz CT molecular complexity index is 690. The van der Waals surface area contributed by atoms with Crippen LogP contribution in [0.4, 0.5) is 0 Å². The van der Waals surface area contributed by atoms with E-state index < -0.39 is 12.0 Å². The van der Waals surface area contributed by atoms with Gasteiger partial charge in [-0.1, -0.05) is 36.1 Å². The van der Waals surface area contributed by atoms with Gasteiger partial charge in [0.25, 0.3) is 5.91 Å². The summed E-state index contributed by atoms with van der Waals surface area (Å²) >= 11 is 7.90. The predicted octanol–water partition coefficient (Wildman–Crippen LogP) is 3.10. The molecule has 1 atom stereocenters. The van der Waals surface area contributed by atoms with Gasteiger partial charge in [0.1, 0.15) is 16.1 Å². The second kappa shape index (κ2) is 8.55. The first-order chi connectivity index (χ1) is 11.5. The van der Waals surface area contributed by atoms with E-state index in [0.29, 0.717) is 22.8 Å². The lowest BCUT2D eigenvalue weighted by Gasteiger charge is -2.22. The van der Waals surface area contributed by atoms with E-state index in [2.05, 4.69) is 0 Å². The number of carbonyl (C=O) groups excluding carboxylic acids is 1. The summed E-state index contributed by atoms with van der Waals surface area (Å²) in [6, 6.07) is 6.35. The van der Waals surface area contributed by atoms with Gasteiger partial charge >= 0.3 is 5.97 Å². The summed E-state index contributed by atoms with van der Waals surface area (Å²) < 4.78 is 5.45. The van der Waals surface area contributed by atoms with E-state index in [4.69, 9.17) is 17.0 Å². The zero-order valence-electron chi connectivity index (χ0n) is 13.2. The van der Waals surface area contributed by atoms with Gasteiger partial charge in [-0.05, 0) is 42.2 Å². The van der Waals surface area contributed by atoms with Gasteiger partial charge in [0, 0.05) is 0 Å². The van der Waals surface area contributed by atoms with Crippen LogP contribution in [-0.2, 0) is 9.59 Å². The molecule has 0 saturated carbocycles. The summed E-state index contributed by atoms with van der Waals surface area (Å²) in [5.74, 6) is -0.0740. The summed E-state index contributed by atoms with van der Waals surface area (Å²) in [4.78, 5) is 25.8. The van der Waals surface area contributed by atoms with Crippen LogP contribution in [-0.4, -0.2) is 51.4 Å². The van der Waals surface area contributed by atoms with Gasteiger partial charge in [-0.25, -0.2) is 4.79 Å². The first-order valence-corrected chi connectivity index (χ1v) is 9.72. The Balaban J connectivity index is 2.26. The maximum Gasteiger partial charge on any atom is 0.326 e. The van der Waals surface area contributed by atoms with Crippen LogP contribution in [0.1, 0.15) is 12.0 Å². The van der Waals surface area contributed by atoms with Gasteiger partial charge in [0.2, 0.25) is 0 Å². The van der Waals surface area contributed by atoms with Crippen molar-refractivity contribution in [2.45, 2.75) is 12.5 Å². The monoisotopic (exact) mass is 383 g/mol. The van der Waals surface area contributed by atoms with Crippen LogP contribution < -0.4 is 4.74 Å². The van der Waals surface area contributed by atoms with Crippen LogP contribution in [0.25, 0.3) is 6.08 Å². The molecule has 24 heavy (non-hydrogen) atoms. The van der Waals surface area contributed by atoms with Gasteiger partial charge in [0.15, 0.2) is 0 Å². The highest BCUT2D eigenvalue weighted by Crippen LogP contribution is 2.35. The average molecular weight is 384 g/mol. The van der Waals surface area contributed by atoms with Gasteiger partial charge in [0.05, 0.1) is 12.0 Å². The van der Waals surface area contributed by atoms with Crippen LogP contribution in [0.15, 0.2) is 29.2 Å². The number of thiocarbonyl (C=S) groups is 1. The van der Waals surface area contributed by atoms with Crippen molar-refractivity contribution in [2.75, 3.05) is 19.1 Å². The molecule has 1 aliphatic rings. The molecule has 1 heterocycles. The molecule has 1 amide bonds. The highest BCUT2D eigenvalue weighted by molar-refractivity contribution is 8.26. The highest BCUT2D eigenvalue weighted by atomic mass is 32.2. The number of amides is 1. The van der Waals surface area contributed by atoms with Crippen LogP contribution in [0.2, 0.25) is 0 Å². The molecule has 8 heteroatoms. The summed E-state index contributed by atoms with van der Waals surface area (Å²) in [7, 11) is 1.57. The fourth-order valence-corrected chi connectivity index (χ4v) is 4.04. The van der Waals surface area contributed by atoms with Crippen molar-refractivity contribution >= 4 is 58.0 Å². The van der Waals surface area contributed by atoms with Crippen molar-refractivity contribution in [3.05, 3.63) is 34.7 Å². The SMILES string of the molecule is COc1cccc(/C=C2\SC(=S)N([C@H](CCSC)C(=O)O)C2=O)c1. The minimum Gasteiger partial charge on any atom is -0.497 e. The molecule has 1 fully saturated rings. The number of ether oxygens (including phenoxy) is 1. The lowest BCUT2D eigenvalue weighted by atomic mass is 10.1. The Kier molecular flexibility index (Phi) is 6.70. The number of benzene rings is 1. The predicted molar refractivity (Wildman–Crippen MR) is 102 cm³/mol. The van der Waals surface area contributed by atoms with Crippen molar-refractivity contribution in [3.63, 3.8) is 0 Å². The van der Waals surface area contributed by atoms with Crippen molar-refractivity contribution in [2.24, 2.45) is 0 Å². The molecular formula is C16H17NO4S3. The minimum absolute atomic E-state index is 0.280. The molecule has 0 aliphatic carbocycles. The lowest BCUT2D eigenvalue weighted by Crippen LogP contribution is -2.44. The number of aliphatic carboxylic acids is 1. The zero-order valence-corrected chi connectivity index (χ0v) is 15.7. The molecule has 1 N–H and O–H groups in total. The Labute approximate surface area is 154 Å². The number of carboxylic acid groups (broad SMARTS) is 1. The molecule has 1 aromatic carbocycles. The quantitative estimate of drug-likeness (QED) is 0.573. The fraction of sp³-hybridized carbons (Fsp3) is 0.312. The standard InChI is InChI=1S/C16H17NO4S3/c1-21-11-5-3-4-10(8-11)9-13-14(18)17(16(22)24-13)12(15(19)20)6-7-23-2/h3-5,8-9,12H,6-7H2,1-2H3,(H,19,20)/b13-9-/t12-/m1/s1. The molecule has 2 rings (SSSR count). The number of rotatable bonds is 7. The molecular weight excluding hydrogens is 366 g/mol. The maximum atomic E-state index is 12.6. The normalized spacial score (nSPS) is 17.4. The summed E-state index contributed by atoms with van der Waals surface area (Å²) in [5.41, 5.74) is 0.797. The van der Waals surface area contributed by atoms with E-state index in [1.165, 1.54) is 16.7 Å². The topological polar surface area (TPSA) is 66.8 Å². The molecule has 128 valence electrons. The Morgan fingerprint density at radius 3 is 2.92 bits per heavy atom. The number of hydrogen-bond acceptors (Lipinski definition) is 6. The van der Waals surface area contributed by atoms with Gasteiger partial charge in [-0.3, -0.25) is 9.69 Å². The Hall–Kier alpha value is -1.51. The number of nitrogens with zero attached hydrogens (tertiary/aromatic N) is 1. The Morgan fingerprint density at radius 1 is 1.54 bits per heavy atom. The molecule has 0 radical (unpaired) electrons. The third-order valence-corrected chi connectivity index (χ3v) is 5.38. The minimum atomic E-state index is -1.04. The second-order valence-electron chi connectivity index (χ2n) is 4.96. The van der Waals surface area contributed by atoms with E-state index in [9.17, 15) is 14.7 Å². The highest BCUT2D eigenvalue weighted by Gasteiger charge is 2.40. The molecule has 0 unspecified atom stereocenters. The summed E-state index contributed by atoms with van der Waals surface area (Å²) in [6.45, 7) is 0. The van der Waals surface area contributed by atoms with Crippen molar-refractivity contribution in [3.8, 4) is 5.75 Å². The second-order valence-corrected chi connectivity index (χ2v) is 7.63. The number of thioether (sulfide) groups is 2. The third-order valence-electron chi connectivity index (χ3n) is 3.41. The van der Waals surface area contributed by atoms with Gasteiger partial charge in [-0.15, -0.1) is 0 Å². The van der Waals surface area contributed by atoms with Gasteiger partial charge in [-0.2, -0.15) is 11.8 Å². The van der Waals surface area contributed by atoms with Gasteiger partial charge < -0.3 is 9.84 Å². The van der Waals surface area contributed by atoms with E-state index >= 15 is 0 Å². The number of carbonyl (C=O) groups is 2. The van der Waals surface area contributed by atoms with Crippen molar-refractivity contribution in [1.29, 1.82) is 0 Å². The molecule has 5 nitrogen and oxygen atoms in total. The molecule has 1 aliphatic heterocycles. The van der Waals surface area contributed by atoms with E-state index in [-0.39, 0.29) is 10.2 Å². The molecule has 1 saturated heterocycles. The first kappa shape index (κ1) is 18.8. The largest absolute Gasteiger partial charge is 0.497 e. The fourth-order valence-electron chi connectivity index (χ4n) is 2.22. The lowest BCUT2D eigenvalue weighted by molar-refractivity contribution is -0.145. The van der Waals surface area contributed by atoms with Crippen LogP contribution >= 0.6 is 35.7 Å². The summed E-state index contributed by atoms with van der Waals surface area (Å²) in [5, 5.41) is 9.43. The maximum absolute atomic E-state index is 12.6. The molecule has 0 spiro atoms. The number of hydrogen-bond donors (Lipinski definition) is 1. The van der Waals surface area contributed by atoms with E-state index in [1.807, 2.05) is 24.5 Å². The molecule has 0 aromatic heterocycles. The van der Waals surface area contributed by atoms with E-state index in [0.717, 1.165) is 17.3 Å². The molecule has 1 aromatic rings. The summed E-state index contributed by atoms with van der Waals surface area (Å²) in [6.07, 6.45) is 3.95. The number of carboxylic acids is 1. The van der Waals surface area contributed by atoms with Crippen molar-refractivity contribution in [1.82, 2.24) is 4.90 Å². The smallest absolute Gasteiger partial charge is 0.326 e. The van der Waals surface area contributed by atoms with E-state index in [1.54, 1.807) is 19.3 Å². The van der Waals surface area contributed by atoms with Crippen molar-refractivity contribution < 1.29 is 19.4 Å². The number of methoxy groups -OCH3 is 1. The van der Waals surface area contributed by atoms with Crippen LogP contribution in [0.5, 0.6) is 5.75 Å². The van der Waals surface area contributed by atoms with Crippen LogP contribution in [0, 0.1) is 0 Å². The Morgan fingerprint density at radius 2 is 2.29 bits per heavy atom. The molecule has 0 bridgehead atoms. The zero-order chi connectivity index (χ0) is 17.7. The van der Waals surface area contributed by atoms with Crippen LogP contribution in [0.3, 0.4) is 0 Å². The average Bonchev–Trinajstić information content (AvgIpc) is 2.82. The third kappa shape index (κ3) is 4.31. The first-order valence-electron chi connectivity index (χ1n) is 7.10.